The van der Waals surface area contributed by atoms with Crippen molar-refractivity contribution < 1.29 is 27.4 Å². The summed E-state index contributed by atoms with van der Waals surface area (Å²) in [5.41, 5.74) is 4.66. The minimum atomic E-state index is -4.45. The highest BCUT2D eigenvalue weighted by molar-refractivity contribution is 5.91. The maximum atomic E-state index is 14.3. The number of carbonyl (C=O) groups excluding carboxylic acids is 1. The lowest BCUT2D eigenvalue weighted by Gasteiger charge is -2.34. The number of benzene rings is 2. The van der Waals surface area contributed by atoms with Gasteiger partial charge in [-0.05, 0) is 93.3 Å². The normalized spacial score (nSPS) is 18.2. The molecule has 2 aliphatic carbocycles. The molecule has 1 saturated heterocycles. The lowest BCUT2D eigenvalue weighted by atomic mass is 9.86. The second-order valence-corrected chi connectivity index (χ2v) is 14.4. The average molecular weight is 690 g/mol. The maximum Gasteiger partial charge on any atom is 0.416 e. The topological polar surface area (TPSA) is 83.6 Å². The van der Waals surface area contributed by atoms with Crippen LogP contribution in [0.4, 0.5) is 24.5 Å². The number of H-pyrrole nitrogens is 1. The maximum absolute atomic E-state index is 14.3. The third-order valence-corrected chi connectivity index (χ3v) is 10.8. The lowest BCUT2D eigenvalue weighted by Crippen LogP contribution is -2.37. The highest BCUT2D eigenvalue weighted by atomic mass is 19.4. The summed E-state index contributed by atoms with van der Waals surface area (Å²) in [7, 11) is 3.77. The van der Waals surface area contributed by atoms with Crippen LogP contribution in [0.1, 0.15) is 75.3 Å². The zero-order valence-corrected chi connectivity index (χ0v) is 29.1. The Morgan fingerprint density at radius 3 is 2.34 bits per heavy atom. The van der Waals surface area contributed by atoms with Crippen molar-refractivity contribution in [3.8, 4) is 22.6 Å². The van der Waals surface area contributed by atoms with E-state index in [0.717, 1.165) is 93.5 Å². The van der Waals surface area contributed by atoms with Gasteiger partial charge in [-0.15, -0.1) is 0 Å². The molecule has 8 nitrogen and oxygen atoms in total. The molecule has 0 amide bonds. The number of hydrogen-bond acceptors (Lipinski definition) is 7. The van der Waals surface area contributed by atoms with Crippen molar-refractivity contribution >= 4 is 28.5 Å². The molecule has 2 aromatic carbocycles. The molecule has 3 aliphatic rings. The first-order valence-corrected chi connectivity index (χ1v) is 17.9. The van der Waals surface area contributed by atoms with Gasteiger partial charge < -0.3 is 24.3 Å². The fraction of sp³-hybridized carbons (Fsp3) is 0.513. The predicted octanol–water partition coefficient (Wildman–Crippen LogP) is 8.61. The Kier molecular flexibility index (Phi) is 9.54. The Balaban J connectivity index is 1.22. The van der Waals surface area contributed by atoms with Crippen LogP contribution in [-0.4, -0.2) is 67.9 Å². The molecule has 1 N–H and O–H groups in total. The zero-order chi connectivity index (χ0) is 35.0. The van der Waals surface area contributed by atoms with E-state index in [1.165, 1.54) is 6.07 Å². The van der Waals surface area contributed by atoms with E-state index in [1.807, 2.05) is 32.2 Å². The molecule has 266 valence electrons. The second kappa shape index (κ2) is 13.9. The van der Waals surface area contributed by atoms with Crippen molar-refractivity contribution in [2.75, 3.05) is 56.8 Å². The fourth-order valence-electron chi connectivity index (χ4n) is 8.10. The van der Waals surface area contributed by atoms with E-state index in [0.29, 0.717) is 41.5 Å². The number of aromatic amines is 1. The summed E-state index contributed by atoms with van der Waals surface area (Å²) < 4.78 is 53.7. The van der Waals surface area contributed by atoms with Gasteiger partial charge in [-0.3, -0.25) is 4.79 Å². The van der Waals surface area contributed by atoms with Gasteiger partial charge in [0.25, 0.3) is 0 Å². The summed E-state index contributed by atoms with van der Waals surface area (Å²) in [6.07, 6.45) is 3.06. The first kappa shape index (κ1) is 34.3. The van der Waals surface area contributed by atoms with Crippen LogP contribution < -0.4 is 9.80 Å². The van der Waals surface area contributed by atoms with Crippen molar-refractivity contribution in [2.45, 2.75) is 70.4 Å². The van der Waals surface area contributed by atoms with Crippen molar-refractivity contribution in [3.05, 3.63) is 59.7 Å². The van der Waals surface area contributed by atoms with Gasteiger partial charge in [-0.1, -0.05) is 25.0 Å². The van der Waals surface area contributed by atoms with E-state index in [2.05, 4.69) is 26.9 Å². The predicted molar refractivity (Wildman–Crippen MR) is 189 cm³/mol. The minimum Gasteiger partial charge on any atom is -0.466 e. The molecule has 0 spiro atoms. The van der Waals surface area contributed by atoms with Crippen molar-refractivity contribution in [1.82, 2.24) is 15.0 Å². The summed E-state index contributed by atoms with van der Waals surface area (Å²) in [5.74, 6) is 0.444. The third-order valence-electron chi connectivity index (χ3n) is 10.8. The molecule has 0 radical (unpaired) electrons. The Morgan fingerprint density at radius 1 is 1.00 bits per heavy atom. The van der Waals surface area contributed by atoms with Crippen LogP contribution in [0.2, 0.25) is 0 Å². The standard InChI is InChI=1S/C39H46F3N5O3/c1-4-50-37(48)27-15-19-47(20-16-27)29-12-9-26(10-13-29)35-44-34-33(46(2)23-38(24-49-3)17-5-6-18-38)22-32(43-36(34)45-35)28-11-14-30(25-7-8-25)31(21-28)39(40,41)42/h9-14,21-22,25,27H,4-8,15-20,23-24H2,1-3H3,(H,43,44,45). The SMILES string of the molecule is CCOC(=O)C1CCN(c2ccc(-c3nc4nc(-c5ccc(C6CC6)c(C(F)(F)F)c5)cc(N(C)CC5(COC)CCCC5)c4[nH]3)cc2)CC1. The number of piperidine rings is 1. The number of anilines is 2. The van der Waals surface area contributed by atoms with Gasteiger partial charge in [0.15, 0.2) is 5.65 Å². The molecule has 11 heteroatoms. The average Bonchev–Trinajstić information content (AvgIpc) is 3.71. The first-order chi connectivity index (χ1) is 24.1. The van der Waals surface area contributed by atoms with Crippen LogP contribution in [0.25, 0.3) is 33.8 Å². The third kappa shape index (κ3) is 7.06. The number of carbonyl (C=O) groups is 1. The molecule has 50 heavy (non-hydrogen) atoms. The Morgan fingerprint density at radius 2 is 1.70 bits per heavy atom. The van der Waals surface area contributed by atoms with Crippen LogP contribution in [-0.2, 0) is 20.4 Å². The zero-order valence-electron chi connectivity index (χ0n) is 29.1. The van der Waals surface area contributed by atoms with E-state index in [9.17, 15) is 18.0 Å². The number of nitrogens with one attached hydrogen (secondary N) is 1. The molecule has 7 rings (SSSR count). The van der Waals surface area contributed by atoms with Gasteiger partial charge in [0.05, 0.1) is 36.1 Å². The number of fused-ring (bicyclic) bond motifs is 1. The van der Waals surface area contributed by atoms with Gasteiger partial charge in [0, 0.05) is 56.0 Å². The van der Waals surface area contributed by atoms with Gasteiger partial charge in [0.2, 0.25) is 0 Å². The number of esters is 1. The molecule has 3 fully saturated rings. The van der Waals surface area contributed by atoms with Crippen molar-refractivity contribution in [2.24, 2.45) is 11.3 Å². The van der Waals surface area contributed by atoms with E-state index >= 15 is 0 Å². The lowest BCUT2D eigenvalue weighted by molar-refractivity contribution is -0.148. The Hall–Kier alpha value is -4.12. The fourth-order valence-corrected chi connectivity index (χ4v) is 8.10. The van der Waals surface area contributed by atoms with Gasteiger partial charge >= 0.3 is 12.1 Å². The number of hydrogen-bond donors (Lipinski definition) is 1. The molecule has 1 aliphatic heterocycles. The number of rotatable bonds is 11. The summed E-state index contributed by atoms with van der Waals surface area (Å²) in [4.78, 5) is 29.9. The highest BCUT2D eigenvalue weighted by Crippen LogP contribution is 2.47. The molecule has 2 saturated carbocycles. The second-order valence-electron chi connectivity index (χ2n) is 14.4. The number of imidazole rings is 1. The van der Waals surface area contributed by atoms with E-state index in [-0.39, 0.29) is 23.2 Å². The number of alkyl halides is 3. The summed E-state index contributed by atoms with van der Waals surface area (Å²) in [6, 6.07) is 14.7. The van der Waals surface area contributed by atoms with Crippen LogP contribution in [0, 0.1) is 11.3 Å². The van der Waals surface area contributed by atoms with E-state index < -0.39 is 11.7 Å². The molecule has 2 aromatic heterocycles. The number of pyridine rings is 1. The number of methoxy groups -OCH3 is 1. The quantitative estimate of drug-likeness (QED) is 0.158. The molecule has 0 unspecified atom stereocenters. The molecule has 3 heterocycles. The molecule has 4 aromatic rings. The van der Waals surface area contributed by atoms with Crippen LogP contribution >= 0.6 is 0 Å². The molecular formula is C39H46F3N5O3. The first-order valence-electron chi connectivity index (χ1n) is 17.9. The Bertz CT molecular complexity index is 1820. The number of aromatic nitrogens is 3. The summed E-state index contributed by atoms with van der Waals surface area (Å²) in [5, 5.41) is 0. The van der Waals surface area contributed by atoms with Gasteiger partial charge in [-0.25, -0.2) is 9.97 Å². The largest absolute Gasteiger partial charge is 0.466 e. The number of ether oxygens (including phenoxy) is 2. The number of nitrogens with zero attached hydrogens (tertiary/aromatic N) is 4. The summed E-state index contributed by atoms with van der Waals surface area (Å²) in [6.45, 7) is 5.18. The smallest absolute Gasteiger partial charge is 0.416 e. The molecule has 0 bridgehead atoms. The van der Waals surface area contributed by atoms with Gasteiger partial charge in [-0.2, -0.15) is 13.2 Å². The Labute approximate surface area is 291 Å². The monoisotopic (exact) mass is 689 g/mol. The molecule has 0 atom stereocenters. The number of halogens is 3. The van der Waals surface area contributed by atoms with Crippen molar-refractivity contribution in [3.63, 3.8) is 0 Å². The van der Waals surface area contributed by atoms with E-state index in [1.54, 1.807) is 19.2 Å². The van der Waals surface area contributed by atoms with Gasteiger partial charge in [0.1, 0.15) is 11.3 Å². The van der Waals surface area contributed by atoms with Crippen LogP contribution in [0.3, 0.4) is 0 Å². The van der Waals surface area contributed by atoms with Crippen molar-refractivity contribution in [1.29, 1.82) is 0 Å². The van der Waals surface area contributed by atoms with E-state index in [4.69, 9.17) is 19.4 Å². The summed E-state index contributed by atoms with van der Waals surface area (Å²) >= 11 is 0. The molecular weight excluding hydrogens is 643 g/mol. The van der Waals surface area contributed by atoms with Crippen LogP contribution in [0.5, 0.6) is 0 Å². The minimum absolute atomic E-state index is 0.00190. The van der Waals surface area contributed by atoms with Crippen LogP contribution in [0.15, 0.2) is 48.5 Å². The highest BCUT2D eigenvalue weighted by Gasteiger charge is 2.39.